The summed E-state index contributed by atoms with van der Waals surface area (Å²) in [7, 11) is 1.46. The molecule has 1 N–H and O–H groups in total. The fourth-order valence-corrected chi connectivity index (χ4v) is 4.47. The zero-order valence-electron chi connectivity index (χ0n) is 15.7. The number of urea groups is 1. The fourth-order valence-electron chi connectivity index (χ4n) is 3.04. The van der Waals surface area contributed by atoms with Crippen molar-refractivity contribution in [3.05, 3.63) is 30.6 Å². The van der Waals surface area contributed by atoms with Crippen molar-refractivity contribution >= 4 is 21.7 Å². The quantitative estimate of drug-likeness (QED) is 0.847. The van der Waals surface area contributed by atoms with Gasteiger partial charge in [-0.25, -0.2) is 22.5 Å². The minimum absolute atomic E-state index is 0.197. The predicted octanol–water partition coefficient (Wildman–Crippen LogP) is 1.37. The summed E-state index contributed by atoms with van der Waals surface area (Å²) in [6, 6.07) is 6.93. The minimum Gasteiger partial charge on any atom is -0.323 e. The topological polar surface area (TPSA) is 100 Å². The second kappa shape index (κ2) is 7.65. The Morgan fingerprint density at radius 1 is 1.26 bits per heavy atom. The van der Waals surface area contributed by atoms with Crippen LogP contribution in [0.4, 0.5) is 10.5 Å². The Kier molecular flexibility index (Phi) is 5.47. The molecule has 0 radical (unpaired) electrons. The molecule has 1 fully saturated rings. The Morgan fingerprint density at radius 2 is 1.96 bits per heavy atom. The Morgan fingerprint density at radius 3 is 2.56 bits per heavy atom. The minimum atomic E-state index is -3.38. The van der Waals surface area contributed by atoms with Gasteiger partial charge in [0.1, 0.15) is 6.33 Å². The third-order valence-electron chi connectivity index (χ3n) is 4.59. The summed E-state index contributed by atoms with van der Waals surface area (Å²) in [5.41, 5.74) is 1.49. The van der Waals surface area contributed by atoms with E-state index in [1.165, 1.54) is 18.4 Å². The number of piperidine rings is 1. The number of rotatable bonds is 4. The first-order chi connectivity index (χ1) is 12.8. The number of carbonyl (C=O) groups excluding carboxylic acids is 1. The van der Waals surface area contributed by atoms with E-state index in [2.05, 4.69) is 15.4 Å². The van der Waals surface area contributed by atoms with Gasteiger partial charge in [0.25, 0.3) is 0 Å². The van der Waals surface area contributed by atoms with Crippen molar-refractivity contribution < 1.29 is 13.2 Å². The summed E-state index contributed by atoms with van der Waals surface area (Å²) in [5.74, 6) is 0.614. The van der Waals surface area contributed by atoms with E-state index in [9.17, 15) is 13.2 Å². The molecule has 1 aliphatic rings. The number of aryl methyl sites for hydroxylation is 1. The van der Waals surface area contributed by atoms with E-state index in [0.29, 0.717) is 30.9 Å². The zero-order valence-corrected chi connectivity index (χ0v) is 16.5. The molecule has 0 saturated carbocycles. The van der Waals surface area contributed by atoms with E-state index in [1.54, 1.807) is 35.1 Å². The molecule has 2 amide bonds. The third kappa shape index (κ3) is 4.28. The number of amides is 2. The van der Waals surface area contributed by atoms with E-state index < -0.39 is 15.3 Å². The van der Waals surface area contributed by atoms with Crippen LogP contribution in [0.2, 0.25) is 0 Å². The van der Waals surface area contributed by atoms with Crippen LogP contribution < -0.4 is 5.32 Å². The molecule has 146 valence electrons. The standard InChI is InChI=1S/C17H24N6O3S/c1-21(2)27(25,26)15-5-4-10-23(11-15)17(24)19-14-8-6-13(7-9-14)16-18-12-22(3)20-16/h6-9,12,15H,4-5,10-11H2,1-3H3,(H,19,24). The van der Waals surface area contributed by atoms with Crippen LogP contribution >= 0.6 is 0 Å². The van der Waals surface area contributed by atoms with Crippen LogP contribution in [0.25, 0.3) is 11.4 Å². The molecule has 10 heteroatoms. The molecule has 2 heterocycles. The molecule has 1 saturated heterocycles. The summed E-state index contributed by atoms with van der Waals surface area (Å²) < 4.78 is 27.5. The molecule has 0 bridgehead atoms. The van der Waals surface area contributed by atoms with Crippen LogP contribution in [0.15, 0.2) is 30.6 Å². The average Bonchev–Trinajstić information content (AvgIpc) is 3.08. The lowest BCUT2D eigenvalue weighted by molar-refractivity contribution is 0.200. The van der Waals surface area contributed by atoms with Crippen LogP contribution in [0, 0.1) is 0 Å². The van der Waals surface area contributed by atoms with Gasteiger partial charge in [-0.2, -0.15) is 5.10 Å². The van der Waals surface area contributed by atoms with Crippen molar-refractivity contribution in [2.24, 2.45) is 7.05 Å². The average molecular weight is 392 g/mol. The van der Waals surface area contributed by atoms with E-state index in [1.807, 2.05) is 12.1 Å². The maximum atomic E-state index is 12.5. The molecular formula is C17H24N6O3S. The summed E-state index contributed by atoms with van der Waals surface area (Å²) in [6.07, 6.45) is 2.85. The maximum absolute atomic E-state index is 12.5. The number of benzene rings is 1. The molecule has 0 spiro atoms. The molecule has 1 aromatic carbocycles. The van der Waals surface area contributed by atoms with E-state index >= 15 is 0 Å². The molecule has 1 aromatic heterocycles. The van der Waals surface area contributed by atoms with Crippen LogP contribution in [-0.4, -0.2) is 70.9 Å². The van der Waals surface area contributed by atoms with Gasteiger partial charge < -0.3 is 10.2 Å². The van der Waals surface area contributed by atoms with Gasteiger partial charge in [-0.1, -0.05) is 0 Å². The molecule has 27 heavy (non-hydrogen) atoms. The number of hydrogen-bond acceptors (Lipinski definition) is 5. The van der Waals surface area contributed by atoms with Crippen molar-refractivity contribution in [2.75, 3.05) is 32.5 Å². The lowest BCUT2D eigenvalue weighted by atomic mass is 10.1. The Labute approximate surface area is 159 Å². The second-order valence-corrected chi connectivity index (χ2v) is 9.21. The third-order valence-corrected chi connectivity index (χ3v) is 6.83. The van der Waals surface area contributed by atoms with Crippen molar-refractivity contribution in [3.63, 3.8) is 0 Å². The Bertz CT molecular complexity index is 907. The van der Waals surface area contributed by atoms with Gasteiger partial charge in [0.05, 0.1) is 5.25 Å². The number of nitrogens with zero attached hydrogens (tertiary/aromatic N) is 5. The number of hydrogen-bond donors (Lipinski definition) is 1. The van der Waals surface area contributed by atoms with E-state index in [4.69, 9.17) is 0 Å². The van der Waals surface area contributed by atoms with Crippen molar-refractivity contribution in [3.8, 4) is 11.4 Å². The van der Waals surface area contributed by atoms with Crippen LogP contribution in [0.5, 0.6) is 0 Å². The Hall–Kier alpha value is -2.46. The molecule has 0 aliphatic carbocycles. The summed E-state index contributed by atoms with van der Waals surface area (Å²) in [6.45, 7) is 0.740. The lowest BCUT2D eigenvalue weighted by Crippen LogP contribution is -2.49. The molecule has 1 aliphatic heterocycles. The number of likely N-dealkylation sites (tertiary alicyclic amines) is 1. The van der Waals surface area contributed by atoms with Crippen LogP contribution in [-0.2, 0) is 17.1 Å². The SMILES string of the molecule is CN(C)S(=O)(=O)C1CCCN(C(=O)Nc2ccc(-c3ncn(C)n3)cc2)C1. The number of anilines is 1. The first-order valence-electron chi connectivity index (χ1n) is 8.70. The summed E-state index contributed by atoms with van der Waals surface area (Å²) in [4.78, 5) is 18.3. The lowest BCUT2D eigenvalue weighted by Gasteiger charge is -2.33. The smallest absolute Gasteiger partial charge is 0.321 e. The monoisotopic (exact) mass is 392 g/mol. The number of nitrogens with one attached hydrogen (secondary N) is 1. The highest BCUT2D eigenvalue weighted by molar-refractivity contribution is 7.89. The van der Waals surface area contributed by atoms with Crippen LogP contribution in [0.3, 0.4) is 0 Å². The van der Waals surface area contributed by atoms with Crippen LogP contribution in [0.1, 0.15) is 12.8 Å². The van der Waals surface area contributed by atoms with Gasteiger partial charge in [0, 0.05) is 45.5 Å². The zero-order chi connectivity index (χ0) is 19.6. The van der Waals surface area contributed by atoms with Gasteiger partial charge in [-0.15, -0.1) is 0 Å². The largest absolute Gasteiger partial charge is 0.323 e. The van der Waals surface area contributed by atoms with Gasteiger partial charge in [0.2, 0.25) is 10.0 Å². The van der Waals surface area contributed by atoms with Crippen molar-refractivity contribution in [2.45, 2.75) is 18.1 Å². The number of sulfonamides is 1. The predicted molar refractivity (Wildman–Crippen MR) is 103 cm³/mol. The first-order valence-corrected chi connectivity index (χ1v) is 10.2. The molecule has 2 aromatic rings. The highest BCUT2D eigenvalue weighted by atomic mass is 32.2. The van der Waals surface area contributed by atoms with E-state index in [-0.39, 0.29) is 12.6 Å². The number of aromatic nitrogens is 3. The maximum Gasteiger partial charge on any atom is 0.321 e. The normalized spacial score (nSPS) is 17.9. The molecule has 9 nitrogen and oxygen atoms in total. The highest BCUT2D eigenvalue weighted by Crippen LogP contribution is 2.21. The molecule has 3 rings (SSSR count). The first kappa shape index (κ1) is 19.3. The fraction of sp³-hybridized carbons (Fsp3) is 0.471. The van der Waals surface area contributed by atoms with Gasteiger partial charge in [-0.3, -0.25) is 4.68 Å². The van der Waals surface area contributed by atoms with Crippen molar-refractivity contribution in [1.82, 2.24) is 24.0 Å². The van der Waals surface area contributed by atoms with Gasteiger partial charge >= 0.3 is 6.03 Å². The molecule has 1 unspecified atom stereocenters. The summed E-state index contributed by atoms with van der Waals surface area (Å²) in [5, 5.41) is 6.50. The van der Waals surface area contributed by atoms with Gasteiger partial charge in [0.15, 0.2) is 5.82 Å². The highest BCUT2D eigenvalue weighted by Gasteiger charge is 2.34. The number of carbonyl (C=O) groups is 1. The second-order valence-electron chi connectivity index (χ2n) is 6.79. The van der Waals surface area contributed by atoms with Crippen molar-refractivity contribution in [1.29, 1.82) is 0 Å². The Balaban J connectivity index is 1.64. The van der Waals surface area contributed by atoms with E-state index in [0.717, 1.165) is 5.56 Å². The summed E-state index contributed by atoms with van der Waals surface area (Å²) >= 11 is 0. The molecule has 1 atom stereocenters. The molecular weight excluding hydrogens is 368 g/mol. The van der Waals surface area contributed by atoms with Gasteiger partial charge in [-0.05, 0) is 37.1 Å².